The van der Waals surface area contributed by atoms with Gasteiger partial charge in [-0.1, -0.05) is 13.8 Å². The summed E-state index contributed by atoms with van der Waals surface area (Å²) >= 11 is 9.35. The van der Waals surface area contributed by atoms with Gasteiger partial charge in [-0.2, -0.15) is 0 Å². The van der Waals surface area contributed by atoms with Crippen molar-refractivity contribution in [2.75, 3.05) is 24.8 Å². The molecule has 9 heteroatoms. The molecular weight excluding hydrogens is 478 g/mol. The van der Waals surface area contributed by atoms with E-state index in [4.69, 9.17) is 31.3 Å². The van der Waals surface area contributed by atoms with Gasteiger partial charge >= 0.3 is 21.1 Å². The largest absolute Gasteiger partial charge is 2.00 e. The van der Waals surface area contributed by atoms with Crippen LogP contribution in [0.25, 0.3) is 0 Å². The van der Waals surface area contributed by atoms with Gasteiger partial charge in [-0.15, -0.1) is 23.2 Å². The molecule has 0 aliphatic rings. The first-order chi connectivity index (χ1) is 8.37. The maximum Gasteiger partial charge on any atom is 2.00 e. The number of carbonyl (C=O) groups excluding carboxylic acids is 2. The number of nitrogens with two attached hydrogens (primary N) is 2. The minimum atomic E-state index is -1.23. The van der Waals surface area contributed by atoms with Crippen molar-refractivity contribution in [2.24, 2.45) is 11.5 Å². The van der Waals surface area contributed by atoms with E-state index in [2.05, 4.69) is 37.0 Å². The minimum Gasteiger partial charge on any atom is -0.549 e. The first kappa shape index (κ1) is 31.5. The molecule has 0 fully saturated rings. The van der Waals surface area contributed by atoms with Crippen LogP contribution in [0.4, 0.5) is 0 Å². The Balaban J connectivity index is -0.0000000453. The van der Waals surface area contributed by atoms with Crippen LogP contribution < -0.4 is 21.7 Å². The number of aliphatic carboxylic acids is 2. The van der Waals surface area contributed by atoms with Gasteiger partial charge in [0.05, 0.1) is 23.7 Å². The van der Waals surface area contributed by atoms with E-state index >= 15 is 0 Å². The van der Waals surface area contributed by atoms with E-state index in [-0.39, 0.29) is 21.1 Å². The topological polar surface area (TPSA) is 132 Å². The first-order valence-electron chi connectivity index (χ1n) is 5.29. The summed E-state index contributed by atoms with van der Waals surface area (Å²) in [6, 6.07) is 0. The maximum absolute atomic E-state index is 9.12. The van der Waals surface area contributed by atoms with Crippen molar-refractivity contribution in [2.45, 2.75) is 26.7 Å². The number of rotatable bonds is 4. The third-order valence-corrected chi connectivity index (χ3v) is 1.23. The summed E-state index contributed by atoms with van der Waals surface area (Å²) in [7, 11) is 0. The number of hydrogen-bond acceptors (Lipinski definition) is 6. The smallest absolute Gasteiger partial charge is 0.549 e. The zero-order valence-electron chi connectivity index (χ0n) is 11.1. The molecule has 0 radical (unpaired) electrons. The molecule has 0 aromatic heterocycles. The van der Waals surface area contributed by atoms with Gasteiger partial charge in [0.1, 0.15) is 0 Å². The zero-order chi connectivity index (χ0) is 15.4. The molecule has 0 saturated carbocycles. The van der Waals surface area contributed by atoms with Crippen LogP contribution in [0, 0.1) is 0 Å². The Bertz CT molecular complexity index is 156. The van der Waals surface area contributed by atoms with Crippen molar-refractivity contribution >= 4 is 35.1 Å². The van der Waals surface area contributed by atoms with Gasteiger partial charge in [0.2, 0.25) is 0 Å². The molecule has 0 saturated heterocycles. The molecular formula is C10H22Cl2N2O4Pt. The monoisotopic (exact) mass is 499 g/mol. The van der Waals surface area contributed by atoms with Crippen LogP contribution in [0.1, 0.15) is 26.7 Å². The van der Waals surface area contributed by atoms with Crippen LogP contribution >= 0.6 is 23.2 Å². The standard InChI is InChI=1S/2C3H9N.2C2H3ClO2.Pt/c2*1-2-3-4;2*3-1-2(4)5;/h2*2-4H2,1H3;2*1H2,(H,4,5);/q;;;;+2/p-2. The molecule has 0 atom stereocenters. The zero-order valence-corrected chi connectivity index (χ0v) is 14.9. The summed E-state index contributed by atoms with van der Waals surface area (Å²) in [5.74, 6) is -3.29. The van der Waals surface area contributed by atoms with Crippen LogP contribution in [0.5, 0.6) is 0 Å². The summed E-state index contributed by atoms with van der Waals surface area (Å²) in [4.78, 5) is 18.2. The number of carbonyl (C=O) groups is 2. The van der Waals surface area contributed by atoms with E-state index < -0.39 is 23.7 Å². The van der Waals surface area contributed by atoms with Gasteiger partial charge in [0, 0.05) is 0 Å². The number of carboxylic acids is 2. The molecule has 0 aliphatic carbocycles. The summed E-state index contributed by atoms with van der Waals surface area (Å²) in [6.45, 7) is 5.75. The SMILES string of the molecule is CCCN.CCCN.O=C([O-])CCl.O=C([O-])CCl.[Pt+2]. The molecule has 0 bridgehead atoms. The second kappa shape index (κ2) is 36.2. The van der Waals surface area contributed by atoms with Gasteiger partial charge in [0.15, 0.2) is 0 Å². The van der Waals surface area contributed by atoms with Crippen molar-refractivity contribution in [1.29, 1.82) is 0 Å². The molecule has 0 aromatic carbocycles. The van der Waals surface area contributed by atoms with Crippen molar-refractivity contribution < 1.29 is 40.9 Å². The Morgan fingerprint density at radius 2 is 1.00 bits per heavy atom. The molecule has 0 spiro atoms. The second-order valence-corrected chi connectivity index (χ2v) is 3.12. The third kappa shape index (κ3) is 126. The van der Waals surface area contributed by atoms with Gasteiger partial charge < -0.3 is 31.3 Å². The first-order valence-corrected chi connectivity index (χ1v) is 6.36. The van der Waals surface area contributed by atoms with E-state index in [9.17, 15) is 0 Å². The predicted molar refractivity (Wildman–Crippen MR) is 70.1 cm³/mol. The summed E-state index contributed by atoms with van der Waals surface area (Å²) in [5.41, 5.74) is 10.1. The van der Waals surface area contributed by atoms with Gasteiger partial charge in [0.25, 0.3) is 0 Å². The van der Waals surface area contributed by atoms with Gasteiger partial charge in [-0.25, -0.2) is 0 Å². The molecule has 0 rings (SSSR count). The Kier molecular flexibility index (Phi) is 59.9. The molecule has 120 valence electrons. The quantitative estimate of drug-likeness (QED) is 0.460. The van der Waals surface area contributed by atoms with Crippen molar-refractivity contribution in [3.05, 3.63) is 0 Å². The van der Waals surface area contributed by atoms with E-state index in [1.807, 2.05) is 0 Å². The summed E-state index contributed by atoms with van der Waals surface area (Å²) in [6.07, 6.45) is 2.19. The average molecular weight is 500 g/mol. The molecule has 19 heavy (non-hydrogen) atoms. The number of carboxylic acid groups (broad SMARTS) is 2. The maximum atomic E-state index is 9.12. The normalized spacial score (nSPS) is 7.05. The van der Waals surface area contributed by atoms with E-state index in [0.29, 0.717) is 0 Å². The average Bonchev–Trinajstić information content (AvgIpc) is 2.39. The molecule has 0 aliphatic heterocycles. The molecule has 4 N–H and O–H groups in total. The van der Waals surface area contributed by atoms with Crippen LogP contribution in [-0.4, -0.2) is 36.8 Å². The fourth-order valence-electron chi connectivity index (χ4n) is 0. The number of alkyl halides is 2. The predicted octanol–water partition coefficient (Wildman–Crippen LogP) is -1.34. The van der Waals surface area contributed by atoms with Crippen LogP contribution in [-0.2, 0) is 30.7 Å². The molecule has 0 aromatic rings. The van der Waals surface area contributed by atoms with Crippen LogP contribution in [0.3, 0.4) is 0 Å². The van der Waals surface area contributed by atoms with Crippen LogP contribution in [0.2, 0.25) is 0 Å². The number of hydrogen-bond donors (Lipinski definition) is 2. The van der Waals surface area contributed by atoms with E-state index in [1.54, 1.807) is 0 Å². The van der Waals surface area contributed by atoms with Crippen molar-refractivity contribution in [1.82, 2.24) is 0 Å². The third-order valence-electron chi connectivity index (χ3n) is 0.796. The fraction of sp³-hybridized carbons (Fsp3) is 0.800. The molecule has 0 heterocycles. The van der Waals surface area contributed by atoms with Gasteiger partial charge in [-0.05, 0) is 25.9 Å². The summed E-state index contributed by atoms with van der Waals surface area (Å²) < 4.78 is 0. The summed E-state index contributed by atoms with van der Waals surface area (Å²) in [5, 5.41) is 18.2. The molecule has 0 unspecified atom stereocenters. The Morgan fingerprint density at radius 1 is 0.895 bits per heavy atom. The molecule has 6 nitrogen and oxygen atoms in total. The second-order valence-electron chi connectivity index (χ2n) is 2.59. The Morgan fingerprint density at radius 3 is 1.00 bits per heavy atom. The fourth-order valence-corrected chi connectivity index (χ4v) is 0. The van der Waals surface area contributed by atoms with E-state index in [0.717, 1.165) is 25.9 Å². The van der Waals surface area contributed by atoms with Crippen molar-refractivity contribution in [3.63, 3.8) is 0 Å². The Labute approximate surface area is 139 Å². The minimum absolute atomic E-state index is 0. The van der Waals surface area contributed by atoms with Crippen LogP contribution in [0.15, 0.2) is 0 Å². The number of halogens is 2. The van der Waals surface area contributed by atoms with E-state index in [1.165, 1.54) is 0 Å². The van der Waals surface area contributed by atoms with Crippen molar-refractivity contribution in [3.8, 4) is 0 Å². The Hall–Kier alpha value is 0.128. The van der Waals surface area contributed by atoms with Gasteiger partial charge in [-0.3, -0.25) is 0 Å². The molecule has 0 amide bonds.